The van der Waals surface area contributed by atoms with E-state index in [-0.39, 0.29) is 18.3 Å². The zero-order chi connectivity index (χ0) is 15.9. The summed E-state index contributed by atoms with van der Waals surface area (Å²) in [7, 11) is 0. The van der Waals surface area contributed by atoms with Gasteiger partial charge < -0.3 is 15.4 Å². The fraction of sp³-hybridized carbons (Fsp3) is 0.400. The first-order valence-corrected chi connectivity index (χ1v) is 7.02. The average Bonchev–Trinajstić information content (AvgIpc) is 2.93. The Morgan fingerprint density at radius 2 is 2.05 bits per heavy atom. The van der Waals surface area contributed by atoms with Crippen molar-refractivity contribution in [2.45, 2.75) is 25.3 Å². The maximum Gasteiger partial charge on any atom is 0.329 e. The third kappa shape index (κ3) is 4.83. The molecule has 0 unspecified atom stereocenters. The lowest BCUT2D eigenvalue weighted by atomic mass is 10.1. The van der Waals surface area contributed by atoms with Gasteiger partial charge in [-0.2, -0.15) is 0 Å². The monoisotopic (exact) mass is 308 g/mol. The second-order valence-corrected chi connectivity index (χ2v) is 4.99. The lowest BCUT2D eigenvalue weighted by Gasteiger charge is -2.10. The molecule has 0 radical (unpaired) electrons. The highest BCUT2D eigenvalue weighted by Gasteiger charge is 2.28. The largest absolute Gasteiger partial charge is 0.454 e. The Kier molecular flexibility index (Phi) is 5.46. The van der Waals surface area contributed by atoms with Crippen LogP contribution in [0.3, 0.4) is 0 Å². The topological polar surface area (TPSA) is 84.5 Å². The molecule has 0 aromatic heterocycles. The van der Waals surface area contributed by atoms with Gasteiger partial charge in [-0.15, -0.1) is 0 Å². The second-order valence-electron chi connectivity index (χ2n) is 4.99. The summed E-state index contributed by atoms with van der Waals surface area (Å²) in [6.07, 6.45) is 1.24. The predicted molar refractivity (Wildman–Crippen MR) is 75.2 cm³/mol. The first-order chi connectivity index (χ1) is 10.5. The molecule has 2 rings (SSSR count). The number of hydrogen-bond donors (Lipinski definition) is 2. The van der Waals surface area contributed by atoms with Gasteiger partial charge >= 0.3 is 5.97 Å². The number of halogens is 1. The van der Waals surface area contributed by atoms with Crippen LogP contribution in [0.25, 0.3) is 0 Å². The summed E-state index contributed by atoms with van der Waals surface area (Å²) in [5.74, 6) is -1.51. The van der Waals surface area contributed by atoms with E-state index in [1.807, 2.05) is 0 Å². The fourth-order valence-corrected chi connectivity index (χ4v) is 2.08. The molecule has 0 saturated carbocycles. The Morgan fingerprint density at radius 3 is 2.68 bits per heavy atom. The molecule has 118 valence electrons. The molecule has 1 aliphatic heterocycles. The Labute approximate surface area is 127 Å². The van der Waals surface area contributed by atoms with Gasteiger partial charge in [0.05, 0.1) is 0 Å². The van der Waals surface area contributed by atoms with Crippen LogP contribution >= 0.6 is 0 Å². The van der Waals surface area contributed by atoms with Crippen molar-refractivity contribution in [3.05, 3.63) is 35.6 Å². The van der Waals surface area contributed by atoms with E-state index in [0.717, 1.165) is 5.56 Å². The molecule has 7 heteroatoms. The Balaban J connectivity index is 1.62. The molecular formula is C15H17FN2O4. The summed E-state index contributed by atoms with van der Waals surface area (Å²) < 4.78 is 17.6. The van der Waals surface area contributed by atoms with Crippen LogP contribution in [-0.2, 0) is 25.5 Å². The first kappa shape index (κ1) is 15.9. The molecule has 1 aromatic rings. The summed E-state index contributed by atoms with van der Waals surface area (Å²) in [5, 5.41) is 5.07. The van der Waals surface area contributed by atoms with Gasteiger partial charge in [-0.25, -0.2) is 9.18 Å². The Morgan fingerprint density at radius 1 is 1.32 bits per heavy atom. The lowest BCUT2D eigenvalue weighted by Crippen LogP contribution is -2.37. The van der Waals surface area contributed by atoms with Gasteiger partial charge in [-0.05, 0) is 30.5 Å². The number of rotatable bonds is 6. The number of hydrogen-bond acceptors (Lipinski definition) is 4. The molecule has 0 bridgehead atoms. The summed E-state index contributed by atoms with van der Waals surface area (Å²) in [6, 6.07) is 5.35. The van der Waals surface area contributed by atoms with Crippen LogP contribution in [0, 0.1) is 5.82 Å². The van der Waals surface area contributed by atoms with Gasteiger partial charge in [-0.1, -0.05) is 12.1 Å². The van der Waals surface area contributed by atoms with Gasteiger partial charge in [0.2, 0.25) is 5.91 Å². The van der Waals surface area contributed by atoms with Crippen molar-refractivity contribution in [1.82, 2.24) is 10.6 Å². The van der Waals surface area contributed by atoms with Gasteiger partial charge in [0.25, 0.3) is 5.91 Å². The number of benzene rings is 1. The minimum Gasteiger partial charge on any atom is -0.454 e. The number of nitrogens with one attached hydrogen (secondary N) is 2. The van der Waals surface area contributed by atoms with Crippen LogP contribution in [0.5, 0.6) is 0 Å². The van der Waals surface area contributed by atoms with Crippen molar-refractivity contribution in [1.29, 1.82) is 0 Å². The molecule has 22 heavy (non-hydrogen) atoms. The number of carbonyl (C=O) groups excluding carboxylic acids is 3. The van der Waals surface area contributed by atoms with Crippen LogP contribution in [0.15, 0.2) is 24.3 Å². The fourth-order valence-electron chi connectivity index (χ4n) is 2.08. The number of esters is 1. The second kappa shape index (κ2) is 7.53. The predicted octanol–water partition coefficient (Wildman–Crippen LogP) is 0.306. The molecule has 0 aliphatic carbocycles. The number of ether oxygens (including phenoxy) is 1. The van der Waals surface area contributed by atoms with Crippen molar-refractivity contribution in [2.75, 3.05) is 13.2 Å². The first-order valence-electron chi connectivity index (χ1n) is 7.02. The maximum atomic E-state index is 12.7. The van der Waals surface area contributed by atoms with Crippen LogP contribution < -0.4 is 10.6 Å². The van der Waals surface area contributed by atoms with Gasteiger partial charge in [-0.3, -0.25) is 9.59 Å². The number of carbonyl (C=O) groups is 3. The van der Waals surface area contributed by atoms with Crippen molar-refractivity contribution in [3.8, 4) is 0 Å². The van der Waals surface area contributed by atoms with Gasteiger partial charge in [0.1, 0.15) is 11.9 Å². The van der Waals surface area contributed by atoms with E-state index in [0.29, 0.717) is 25.8 Å². The summed E-state index contributed by atoms with van der Waals surface area (Å²) in [6.45, 7) is -0.0171. The van der Waals surface area contributed by atoms with E-state index >= 15 is 0 Å². The van der Waals surface area contributed by atoms with Gasteiger partial charge in [0, 0.05) is 13.0 Å². The van der Waals surface area contributed by atoms with E-state index < -0.39 is 17.9 Å². The maximum absolute atomic E-state index is 12.7. The van der Waals surface area contributed by atoms with E-state index in [1.54, 1.807) is 12.1 Å². The van der Waals surface area contributed by atoms with Crippen LogP contribution in [0.4, 0.5) is 4.39 Å². The third-order valence-corrected chi connectivity index (χ3v) is 3.27. The summed E-state index contributed by atoms with van der Waals surface area (Å²) in [5.41, 5.74) is 0.896. The highest BCUT2D eigenvalue weighted by Crippen LogP contribution is 2.07. The van der Waals surface area contributed by atoms with E-state index in [2.05, 4.69) is 10.6 Å². The third-order valence-electron chi connectivity index (χ3n) is 3.27. The average molecular weight is 308 g/mol. The summed E-state index contributed by atoms with van der Waals surface area (Å²) in [4.78, 5) is 34.1. The molecule has 1 heterocycles. The molecule has 1 aliphatic rings. The molecule has 1 fully saturated rings. The number of amides is 2. The smallest absolute Gasteiger partial charge is 0.329 e. The minimum absolute atomic E-state index is 0.189. The SMILES string of the molecule is O=C(COC(=O)[C@H]1CCC(=O)N1)NCCc1ccc(F)cc1. The van der Waals surface area contributed by atoms with Crippen molar-refractivity contribution < 1.29 is 23.5 Å². The lowest BCUT2D eigenvalue weighted by molar-refractivity contribution is -0.150. The van der Waals surface area contributed by atoms with E-state index in [9.17, 15) is 18.8 Å². The summed E-state index contributed by atoms with van der Waals surface area (Å²) >= 11 is 0. The van der Waals surface area contributed by atoms with Crippen molar-refractivity contribution >= 4 is 17.8 Å². The van der Waals surface area contributed by atoms with Crippen molar-refractivity contribution in [3.63, 3.8) is 0 Å². The molecule has 0 spiro atoms. The zero-order valence-corrected chi connectivity index (χ0v) is 11.9. The molecule has 1 atom stereocenters. The Hall–Kier alpha value is -2.44. The molecule has 1 aromatic carbocycles. The molecular weight excluding hydrogens is 291 g/mol. The zero-order valence-electron chi connectivity index (χ0n) is 11.9. The van der Waals surface area contributed by atoms with E-state index in [4.69, 9.17) is 4.74 Å². The van der Waals surface area contributed by atoms with Crippen molar-refractivity contribution in [2.24, 2.45) is 0 Å². The minimum atomic E-state index is -0.653. The normalized spacial score (nSPS) is 17.0. The Bertz CT molecular complexity index is 559. The molecule has 1 saturated heterocycles. The van der Waals surface area contributed by atoms with Crippen LogP contribution in [0.1, 0.15) is 18.4 Å². The van der Waals surface area contributed by atoms with E-state index in [1.165, 1.54) is 12.1 Å². The standard InChI is InChI=1S/C15H17FN2O4/c16-11-3-1-10(2-4-11)7-8-17-14(20)9-22-15(21)12-5-6-13(19)18-12/h1-4,12H,5-9H2,(H,17,20)(H,18,19)/t12-/m1/s1. The van der Waals surface area contributed by atoms with Crippen LogP contribution in [0.2, 0.25) is 0 Å². The van der Waals surface area contributed by atoms with Gasteiger partial charge in [0.15, 0.2) is 6.61 Å². The van der Waals surface area contributed by atoms with Crippen LogP contribution in [-0.4, -0.2) is 37.0 Å². The molecule has 2 N–H and O–H groups in total. The molecule has 2 amide bonds. The molecule has 6 nitrogen and oxygen atoms in total. The highest BCUT2D eigenvalue weighted by atomic mass is 19.1. The quantitative estimate of drug-likeness (QED) is 0.741. The highest BCUT2D eigenvalue weighted by molar-refractivity contribution is 5.89.